The smallest absolute Gasteiger partial charge is 0.352 e. The molecule has 0 spiro atoms. The van der Waals surface area contributed by atoms with Crippen LogP contribution in [-0.4, -0.2) is 39.7 Å². The van der Waals surface area contributed by atoms with Crippen LogP contribution >= 0.6 is 0 Å². The Morgan fingerprint density at radius 1 is 1.29 bits per heavy atom. The molecule has 2 aromatic rings. The van der Waals surface area contributed by atoms with Crippen molar-refractivity contribution in [3.05, 3.63) is 40.7 Å². The van der Waals surface area contributed by atoms with E-state index >= 15 is 0 Å². The molecule has 0 saturated carbocycles. The number of ether oxygens (including phenoxy) is 1. The van der Waals surface area contributed by atoms with Crippen molar-refractivity contribution in [3.8, 4) is 5.88 Å². The zero-order valence-corrected chi connectivity index (χ0v) is 12.5. The second kappa shape index (κ2) is 6.83. The molecule has 0 aliphatic heterocycles. The first-order valence-electron chi connectivity index (χ1n) is 6.85. The number of anilines is 1. The van der Waals surface area contributed by atoms with Crippen LogP contribution in [0.3, 0.4) is 0 Å². The Hall–Kier alpha value is -2.44. The first-order valence-corrected chi connectivity index (χ1v) is 6.85. The van der Waals surface area contributed by atoms with E-state index in [1.165, 1.54) is 10.9 Å². The van der Waals surface area contributed by atoms with E-state index in [9.17, 15) is 4.79 Å². The van der Waals surface area contributed by atoms with Crippen molar-refractivity contribution in [2.24, 2.45) is 0 Å². The van der Waals surface area contributed by atoms with E-state index in [0.717, 1.165) is 18.7 Å². The average Bonchev–Trinajstić information content (AvgIpc) is 2.51. The fourth-order valence-corrected chi connectivity index (χ4v) is 2.03. The van der Waals surface area contributed by atoms with Gasteiger partial charge in [-0.2, -0.15) is 4.98 Å². The predicted octanol–water partition coefficient (Wildman–Crippen LogP) is 0.936. The van der Waals surface area contributed by atoms with Gasteiger partial charge in [-0.05, 0) is 19.9 Å². The molecular weight excluding hydrogens is 270 g/mol. The van der Waals surface area contributed by atoms with Crippen LogP contribution in [0.1, 0.15) is 19.4 Å². The molecule has 0 radical (unpaired) electrons. The Kier molecular flexibility index (Phi) is 4.86. The van der Waals surface area contributed by atoms with Gasteiger partial charge < -0.3 is 9.64 Å². The van der Waals surface area contributed by atoms with Crippen LogP contribution in [0.4, 0.5) is 5.95 Å². The largest absolute Gasteiger partial charge is 0.481 e. The topological polar surface area (TPSA) is 73.1 Å². The number of aromatic nitrogens is 4. The van der Waals surface area contributed by atoms with E-state index in [0.29, 0.717) is 18.4 Å². The highest BCUT2D eigenvalue weighted by Crippen LogP contribution is 2.14. The van der Waals surface area contributed by atoms with Crippen molar-refractivity contribution in [3.63, 3.8) is 0 Å². The minimum atomic E-state index is -0.335. The molecule has 2 aromatic heterocycles. The van der Waals surface area contributed by atoms with Crippen LogP contribution in [0.5, 0.6) is 5.88 Å². The highest BCUT2D eigenvalue weighted by atomic mass is 16.5. The lowest BCUT2D eigenvalue weighted by molar-refractivity contribution is 0.390. The van der Waals surface area contributed by atoms with Gasteiger partial charge in [0.1, 0.15) is 6.33 Å². The molecule has 0 atom stereocenters. The summed E-state index contributed by atoms with van der Waals surface area (Å²) in [5.41, 5.74) is 0.471. The molecule has 0 unspecified atom stereocenters. The van der Waals surface area contributed by atoms with Gasteiger partial charge in [-0.3, -0.25) is 4.57 Å². The summed E-state index contributed by atoms with van der Waals surface area (Å²) in [5, 5.41) is 0. The zero-order valence-electron chi connectivity index (χ0n) is 12.5. The monoisotopic (exact) mass is 289 g/mol. The molecule has 0 fully saturated rings. The molecular formula is C14H19N5O2. The predicted molar refractivity (Wildman–Crippen MR) is 79.7 cm³/mol. The summed E-state index contributed by atoms with van der Waals surface area (Å²) in [6, 6.07) is 3.66. The summed E-state index contributed by atoms with van der Waals surface area (Å²) < 4.78 is 6.62. The molecule has 0 bridgehead atoms. The van der Waals surface area contributed by atoms with Crippen LogP contribution in [-0.2, 0) is 6.54 Å². The lowest BCUT2D eigenvalue weighted by Crippen LogP contribution is -2.31. The minimum absolute atomic E-state index is 0.328. The first kappa shape index (κ1) is 15.0. The third kappa shape index (κ3) is 3.36. The molecule has 0 aromatic carbocycles. The van der Waals surface area contributed by atoms with Gasteiger partial charge in [-0.1, -0.05) is 6.07 Å². The maximum atomic E-state index is 12.1. The van der Waals surface area contributed by atoms with Gasteiger partial charge in [0.05, 0.1) is 13.7 Å². The van der Waals surface area contributed by atoms with Crippen molar-refractivity contribution in [1.29, 1.82) is 0 Å². The van der Waals surface area contributed by atoms with Gasteiger partial charge in [0, 0.05) is 24.8 Å². The van der Waals surface area contributed by atoms with Gasteiger partial charge in [0.25, 0.3) is 0 Å². The van der Waals surface area contributed by atoms with Crippen molar-refractivity contribution in [2.75, 3.05) is 25.1 Å². The quantitative estimate of drug-likeness (QED) is 0.788. The minimum Gasteiger partial charge on any atom is -0.481 e. The highest BCUT2D eigenvalue weighted by Gasteiger charge is 2.10. The SMILES string of the molecule is CCN(CC)c1ncn(Cc2cccnc2OC)c(=O)n1. The van der Waals surface area contributed by atoms with E-state index in [2.05, 4.69) is 15.0 Å². The van der Waals surface area contributed by atoms with Crippen molar-refractivity contribution >= 4 is 5.95 Å². The average molecular weight is 289 g/mol. The second-order valence-corrected chi connectivity index (χ2v) is 4.41. The molecule has 7 nitrogen and oxygen atoms in total. The number of hydrogen-bond donors (Lipinski definition) is 0. The molecule has 0 aliphatic carbocycles. The van der Waals surface area contributed by atoms with Crippen molar-refractivity contribution in [2.45, 2.75) is 20.4 Å². The Morgan fingerprint density at radius 2 is 2.05 bits per heavy atom. The maximum absolute atomic E-state index is 12.1. The van der Waals surface area contributed by atoms with Crippen LogP contribution in [0, 0.1) is 0 Å². The molecule has 0 N–H and O–H groups in total. The normalized spacial score (nSPS) is 10.4. The lowest BCUT2D eigenvalue weighted by Gasteiger charge is -2.18. The third-order valence-electron chi connectivity index (χ3n) is 3.18. The Morgan fingerprint density at radius 3 is 2.67 bits per heavy atom. The fourth-order valence-electron chi connectivity index (χ4n) is 2.03. The molecule has 0 aliphatic rings. The molecule has 21 heavy (non-hydrogen) atoms. The number of nitrogens with zero attached hydrogens (tertiary/aromatic N) is 5. The van der Waals surface area contributed by atoms with Crippen LogP contribution < -0.4 is 15.3 Å². The Balaban J connectivity index is 2.28. The molecule has 0 saturated heterocycles. The summed E-state index contributed by atoms with van der Waals surface area (Å²) in [6.45, 7) is 5.85. The van der Waals surface area contributed by atoms with E-state index in [4.69, 9.17) is 4.74 Å². The standard InChI is InChI=1S/C14H19N5O2/c1-4-18(5-2)13-16-10-19(14(20)17-13)9-11-7-6-8-15-12(11)21-3/h6-8,10H,4-5,9H2,1-3H3. The van der Waals surface area contributed by atoms with Gasteiger partial charge >= 0.3 is 5.69 Å². The molecule has 2 heterocycles. The summed E-state index contributed by atoms with van der Waals surface area (Å²) in [4.78, 5) is 26.4. The van der Waals surface area contributed by atoms with E-state index in [1.54, 1.807) is 19.4 Å². The van der Waals surface area contributed by atoms with Crippen molar-refractivity contribution < 1.29 is 4.74 Å². The van der Waals surface area contributed by atoms with E-state index in [1.807, 2.05) is 24.8 Å². The first-order chi connectivity index (χ1) is 10.2. The van der Waals surface area contributed by atoms with Crippen LogP contribution in [0.2, 0.25) is 0 Å². The molecule has 112 valence electrons. The van der Waals surface area contributed by atoms with Crippen LogP contribution in [0.15, 0.2) is 29.5 Å². The van der Waals surface area contributed by atoms with E-state index in [-0.39, 0.29) is 5.69 Å². The van der Waals surface area contributed by atoms with Gasteiger partial charge in [-0.15, -0.1) is 0 Å². The number of hydrogen-bond acceptors (Lipinski definition) is 6. The summed E-state index contributed by atoms with van der Waals surface area (Å²) in [7, 11) is 1.55. The number of rotatable bonds is 6. The van der Waals surface area contributed by atoms with Crippen molar-refractivity contribution in [1.82, 2.24) is 19.5 Å². The van der Waals surface area contributed by atoms with Gasteiger partial charge in [0.15, 0.2) is 0 Å². The molecule has 7 heteroatoms. The Labute approximate surface area is 123 Å². The Bertz CT molecular complexity index is 652. The fraction of sp³-hybridized carbons (Fsp3) is 0.429. The third-order valence-corrected chi connectivity index (χ3v) is 3.18. The summed E-state index contributed by atoms with van der Waals surface area (Å²) in [5.74, 6) is 0.955. The van der Waals surface area contributed by atoms with Crippen LogP contribution in [0.25, 0.3) is 0 Å². The van der Waals surface area contributed by atoms with Gasteiger partial charge in [0.2, 0.25) is 11.8 Å². The summed E-state index contributed by atoms with van der Waals surface area (Å²) >= 11 is 0. The second-order valence-electron chi connectivity index (χ2n) is 4.41. The zero-order chi connectivity index (χ0) is 15.2. The number of methoxy groups -OCH3 is 1. The van der Waals surface area contributed by atoms with E-state index < -0.39 is 0 Å². The molecule has 2 rings (SSSR count). The highest BCUT2D eigenvalue weighted by molar-refractivity contribution is 5.28. The molecule has 0 amide bonds. The number of pyridine rings is 1. The lowest BCUT2D eigenvalue weighted by atomic mass is 10.2. The van der Waals surface area contributed by atoms with Gasteiger partial charge in [-0.25, -0.2) is 14.8 Å². The maximum Gasteiger partial charge on any atom is 0.352 e. The summed E-state index contributed by atoms with van der Waals surface area (Å²) in [6.07, 6.45) is 3.15.